The molecule has 0 fully saturated rings. The van der Waals surface area contributed by atoms with Crippen molar-refractivity contribution >= 4 is 40.0 Å². The first kappa shape index (κ1) is 49.0. The van der Waals surface area contributed by atoms with Crippen LogP contribution in [0.4, 0.5) is 0 Å². The van der Waals surface area contributed by atoms with Crippen LogP contribution in [0.3, 0.4) is 0 Å². The highest BCUT2D eigenvalue weighted by Crippen LogP contribution is 2.60. The van der Waals surface area contributed by atoms with E-state index in [0.29, 0.717) is 0 Å². The first-order valence-electron chi connectivity index (χ1n) is 23.4. The van der Waals surface area contributed by atoms with Crippen molar-refractivity contribution in [2.45, 2.75) is 12.8 Å². The summed E-state index contributed by atoms with van der Waals surface area (Å²) in [5.41, 5.74) is 9.61. The van der Waals surface area contributed by atoms with Gasteiger partial charge in [-0.25, -0.2) is 14.3 Å². The van der Waals surface area contributed by atoms with Crippen LogP contribution in [0.15, 0.2) is 206 Å². The molecule has 6 radical (unpaired) electrons. The van der Waals surface area contributed by atoms with E-state index in [4.69, 9.17) is 24.6 Å². The normalized spacial score (nSPS) is 12.1. The van der Waals surface area contributed by atoms with Crippen molar-refractivity contribution < 1.29 is 9.47 Å². The summed E-state index contributed by atoms with van der Waals surface area (Å²) >= 11 is 0. The highest BCUT2D eigenvalue weighted by Gasteiger charge is 2.28. The van der Waals surface area contributed by atoms with Crippen LogP contribution in [0.5, 0.6) is 11.5 Å². The molecule has 2 atom stereocenters. The fourth-order valence-corrected chi connectivity index (χ4v) is 15.3. The van der Waals surface area contributed by atoms with Crippen molar-refractivity contribution in [3.8, 4) is 58.9 Å². The van der Waals surface area contributed by atoms with Gasteiger partial charge in [-0.1, -0.05) is 144 Å². The van der Waals surface area contributed by atoms with E-state index < -0.39 is 14.3 Å². The van der Waals surface area contributed by atoms with Crippen LogP contribution in [-0.4, -0.2) is 54.0 Å². The van der Waals surface area contributed by atoms with Gasteiger partial charge in [0, 0.05) is 92.6 Å². The Hall–Kier alpha value is -7.41. The number of methoxy groups -OCH3 is 2. The first-order valence-corrected chi connectivity index (χ1v) is 27.9. The summed E-state index contributed by atoms with van der Waals surface area (Å²) in [4.78, 5) is 0. The average Bonchev–Trinajstić information content (AvgIpc) is 3.42. The fourth-order valence-electron chi connectivity index (χ4n) is 8.16. The van der Waals surface area contributed by atoms with Crippen molar-refractivity contribution in [1.29, 1.82) is 0 Å². The predicted molar refractivity (Wildman–Crippen MR) is 300 cm³/mol. The fraction of sp³-hybridized carbons (Fsp3) is 0.125. The zero-order valence-electron chi connectivity index (χ0n) is 39.7. The second-order valence-corrected chi connectivity index (χ2v) is 24.1. The molecule has 8 aromatic carbocycles. The molecular weight excluding hydrogens is 884 g/mol. The van der Waals surface area contributed by atoms with E-state index in [-0.39, 0.29) is 0 Å². The molecule has 0 heterocycles. The van der Waals surface area contributed by atoms with Crippen molar-refractivity contribution in [2.75, 3.05) is 38.9 Å². The van der Waals surface area contributed by atoms with Gasteiger partial charge in [-0.05, 0) is 120 Å². The van der Waals surface area contributed by atoms with Gasteiger partial charge in [-0.3, -0.25) is 15.1 Å². The molecule has 0 saturated carbocycles. The molecule has 0 N–H and O–H groups in total. The molecule has 2 unspecified atom stereocenters. The number of ether oxygens (including phenoxy) is 2. The van der Waals surface area contributed by atoms with Gasteiger partial charge in [0.2, 0.25) is 0 Å². The van der Waals surface area contributed by atoms with E-state index in [2.05, 4.69) is 157 Å². The average molecular weight is 937 g/mol. The Morgan fingerprint density at radius 1 is 0.314 bits per heavy atom. The van der Waals surface area contributed by atoms with Crippen LogP contribution in [0, 0.1) is 47.4 Å². The third-order valence-corrected chi connectivity index (χ3v) is 19.2. The molecule has 0 amide bonds. The Bertz CT molecular complexity index is 3070. The van der Waals surface area contributed by atoms with Crippen LogP contribution in [0.1, 0.15) is 55.6 Å². The van der Waals surface area contributed by atoms with Gasteiger partial charge in [-0.2, -0.15) is 0 Å². The smallest absolute Gasteiger partial charge is 0.121 e. The zero-order chi connectivity index (χ0) is 48.4. The molecule has 8 rings (SSSR count). The number of hydrogen-bond donors (Lipinski definition) is 0. The minimum atomic E-state index is -2.15. The lowest BCUT2D eigenvalue weighted by molar-refractivity contribution is 0.414. The highest BCUT2D eigenvalue weighted by atomic mass is 31.2. The lowest BCUT2D eigenvalue weighted by Crippen LogP contribution is -2.26. The van der Waals surface area contributed by atoms with Crippen LogP contribution >= 0.6 is 14.3 Å². The van der Waals surface area contributed by atoms with Crippen LogP contribution in [0.2, 0.25) is 0 Å². The van der Waals surface area contributed by atoms with Gasteiger partial charge in [0.1, 0.15) is 11.5 Å². The van der Waals surface area contributed by atoms with Crippen LogP contribution in [0.25, 0.3) is 0 Å². The molecule has 2 nitrogen and oxygen atoms in total. The Morgan fingerprint density at radius 3 is 0.957 bits per heavy atom. The highest BCUT2D eigenvalue weighted by molar-refractivity contribution is 8.06. The second-order valence-electron chi connectivity index (χ2n) is 17.2. The summed E-state index contributed by atoms with van der Waals surface area (Å²) in [5.74, 6) is 28.0. The van der Waals surface area contributed by atoms with Crippen LogP contribution in [-0.2, 0) is 12.8 Å². The van der Waals surface area contributed by atoms with Crippen molar-refractivity contribution in [2.24, 2.45) is 0 Å². The SMILES string of the molecule is [B-][P+](CCc1cccc(C#Cc2cc(C#Cc3ccccc3)cc(OC)c2)c1)(CC[P+]([B-])(CCc1cccc(C#Cc2cc(C#Cc3ccccc3)cc(OC)c2)c1)c1ccccc1)c1ccccc1. The minimum absolute atomic E-state index is 0.722. The van der Waals surface area contributed by atoms with Gasteiger partial charge in [0.25, 0.3) is 0 Å². The predicted octanol–water partition coefficient (Wildman–Crippen LogP) is 11.9. The lowest BCUT2D eigenvalue weighted by Gasteiger charge is -2.43. The summed E-state index contributed by atoms with van der Waals surface area (Å²) in [6.45, 7) is 0. The summed E-state index contributed by atoms with van der Waals surface area (Å²) in [7, 11) is 14.4. The maximum atomic E-state index is 7.70. The number of hydrogen-bond acceptors (Lipinski definition) is 2. The third kappa shape index (κ3) is 14.1. The third-order valence-electron chi connectivity index (χ3n) is 12.1. The maximum Gasteiger partial charge on any atom is 0.121 e. The van der Waals surface area contributed by atoms with E-state index in [1.165, 1.54) is 21.7 Å². The molecule has 0 aromatic heterocycles. The Labute approximate surface area is 419 Å². The van der Waals surface area contributed by atoms with Gasteiger partial charge >= 0.3 is 0 Å². The molecule has 0 aliphatic carbocycles. The largest absolute Gasteiger partial charge is 0.497 e. The molecule has 0 saturated heterocycles. The van der Waals surface area contributed by atoms with E-state index in [1.54, 1.807) is 14.2 Å². The topological polar surface area (TPSA) is 18.5 Å². The second kappa shape index (κ2) is 24.2. The summed E-state index contributed by atoms with van der Waals surface area (Å²) in [5, 5.41) is 2.46. The molecule has 0 bridgehead atoms. The molecular formula is C64H52B2O2P2. The monoisotopic (exact) mass is 936 g/mol. The van der Waals surface area contributed by atoms with Crippen LogP contribution < -0.4 is 20.1 Å². The van der Waals surface area contributed by atoms with Crippen molar-refractivity contribution in [3.05, 3.63) is 262 Å². The minimum Gasteiger partial charge on any atom is -0.497 e. The van der Waals surface area contributed by atoms with E-state index >= 15 is 0 Å². The van der Waals surface area contributed by atoms with E-state index in [1.807, 2.05) is 97.1 Å². The Kier molecular flexibility index (Phi) is 17.0. The molecule has 8 aromatic rings. The summed E-state index contributed by atoms with van der Waals surface area (Å²) in [6.07, 6.45) is 5.09. The lowest BCUT2D eigenvalue weighted by atomic mass is 10.1. The zero-order valence-corrected chi connectivity index (χ0v) is 41.5. The standard InChI is InChI=1S/C64H52B2O2P2/c1-67-61-47-57(33-29-51-17-7-3-8-18-51)45-59(49-61)35-31-53-21-15-23-55(43-53)37-39-69(65,63-25-11-5-12-26-63)41-42-70(66,64-27-13-6-14-28-64)40-38-56-24-16-22-54(44-56)32-36-60-46-58(48-62(50-60)68-2)34-30-52-19-9-4-10-20-52/h3-28,43-50H,37-42H2,1-2H3. The molecule has 70 heavy (non-hydrogen) atoms. The van der Waals surface area contributed by atoms with Crippen molar-refractivity contribution in [1.82, 2.24) is 0 Å². The van der Waals surface area contributed by atoms with Gasteiger partial charge in [-0.15, -0.1) is 0 Å². The number of aryl methyl sites for hydroxylation is 2. The Balaban J connectivity index is 0.972. The van der Waals surface area contributed by atoms with Gasteiger partial charge in [0.05, 0.1) is 14.2 Å². The number of rotatable bonds is 13. The summed E-state index contributed by atoms with van der Waals surface area (Å²) in [6, 6.07) is 70.1. The summed E-state index contributed by atoms with van der Waals surface area (Å²) < 4.78 is 11.2. The molecule has 0 aliphatic rings. The molecule has 336 valence electrons. The molecule has 0 spiro atoms. The van der Waals surface area contributed by atoms with E-state index in [9.17, 15) is 0 Å². The molecule has 6 heteroatoms. The Morgan fingerprint density at radius 2 is 0.614 bits per heavy atom. The number of benzene rings is 8. The van der Waals surface area contributed by atoms with E-state index in [0.717, 1.165) is 93.5 Å². The van der Waals surface area contributed by atoms with Gasteiger partial charge in [0.15, 0.2) is 0 Å². The molecule has 0 aliphatic heterocycles. The first-order chi connectivity index (χ1) is 34.2. The quantitative estimate of drug-likeness (QED) is 0.0651. The van der Waals surface area contributed by atoms with Gasteiger partial charge < -0.3 is 9.47 Å². The van der Waals surface area contributed by atoms with Crippen molar-refractivity contribution in [3.63, 3.8) is 0 Å². The maximum absolute atomic E-state index is 7.70.